The Bertz CT molecular complexity index is 380. The molecular weight excluding hydrogens is 214 g/mol. The van der Waals surface area contributed by atoms with E-state index in [-0.39, 0.29) is 11.8 Å². The molecule has 1 amide bonds. The van der Waals surface area contributed by atoms with Crippen LogP contribution >= 0.6 is 0 Å². The highest BCUT2D eigenvalue weighted by Crippen LogP contribution is 2.37. The van der Waals surface area contributed by atoms with Crippen LogP contribution in [0.2, 0.25) is 0 Å². The molecule has 1 aromatic carbocycles. The lowest BCUT2D eigenvalue weighted by molar-refractivity contribution is -0.120. The summed E-state index contributed by atoms with van der Waals surface area (Å²) in [6, 6.07) is 7.68. The average molecular weight is 233 g/mol. The van der Waals surface area contributed by atoms with Gasteiger partial charge < -0.3 is 10.5 Å². The summed E-state index contributed by atoms with van der Waals surface area (Å²) in [5, 5.41) is 0. The fraction of sp³-hybridized carbons (Fsp3) is 0.500. The number of amides is 1. The van der Waals surface area contributed by atoms with Crippen molar-refractivity contribution < 1.29 is 9.53 Å². The molecule has 1 aliphatic carbocycles. The second-order valence-corrected chi connectivity index (χ2v) is 4.70. The van der Waals surface area contributed by atoms with Gasteiger partial charge in [0.05, 0.1) is 13.0 Å². The molecule has 0 saturated heterocycles. The van der Waals surface area contributed by atoms with E-state index in [9.17, 15) is 4.79 Å². The average Bonchev–Trinajstić information content (AvgIpc) is 2.83. The van der Waals surface area contributed by atoms with Crippen LogP contribution in [-0.2, 0) is 4.79 Å². The predicted molar refractivity (Wildman–Crippen MR) is 66.9 cm³/mol. The van der Waals surface area contributed by atoms with E-state index in [1.54, 1.807) is 7.11 Å². The quantitative estimate of drug-likeness (QED) is 0.868. The van der Waals surface area contributed by atoms with E-state index in [1.807, 2.05) is 24.3 Å². The van der Waals surface area contributed by atoms with Crippen LogP contribution in [0, 0.1) is 5.92 Å². The van der Waals surface area contributed by atoms with Gasteiger partial charge >= 0.3 is 0 Å². The number of nitrogens with two attached hydrogens (primary N) is 1. The van der Waals surface area contributed by atoms with Gasteiger partial charge in [0, 0.05) is 0 Å². The number of benzene rings is 1. The Kier molecular flexibility index (Phi) is 3.67. The summed E-state index contributed by atoms with van der Waals surface area (Å²) in [5.41, 5.74) is 6.57. The van der Waals surface area contributed by atoms with Gasteiger partial charge in [-0.25, -0.2) is 0 Å². The lowest BCUT2D eigenvalue weighted by atomic mass is 9.84. The molecule has 1 aliphatic rings. The van der Waals surface area contributed by atoms with Gasteiger partial charge in [0.25, 0.3) is 0 Å². The number of rotatable bonds is 4. The van der Waals surface area contributed by atoms with Crippen molar-refractivity contribution in [2.24, 2.45) is 11.7 Å². The van der Waals surface area contributed by atoms with E-state index in [2.05, 4.69) is 0 Å². The van der Waals surface area contributed by atoms with Crippen molar-refractivity contribution in [3.8, 4) is 5.75 Å². The van der Waals surface area contributed by atoms with E-state index in [1.165, 1.54) is 12.8 Å². The zero-order valence-electron chi connectivity index (χ0n) is 10.2. The first-order chi connectivity index (χ1) is 8.22. The number of methoxy groups -OCH3 is 1. The molecule has 0 aromatic heterocycles. The van der Waals surface area contributed by atoms with Gasteiger partial charge in [0.2, 0.25) is 5.91 Å². The van der Waals surface area contributed by atoms with Crippen molar-refractivity contribution in [1.82, 2.24) is 0 Å². The minimum absolute atomic E-state index is 0.136. The van der Waals surface area contributed by atoms with Crippen LogP contribution in [0.25, 0.3) is 0 Å². The number of hydrogen-bond acceptors (Lipinski definition) is 2. The standard InChI is InChI=1S/C14H19NO2/c1-17-12-8-6-11(7-9-12)13(14(15)16)10-4-2-3-5-10/h6-10,13H,2-5H2,1H3,(H2,15,16). The van der Waals surface area contributed by atoms with Crippen LogP contribution in [0.15, 0.2) is 24.3 Å². The van der Waals surface area contributed by atoms with Gasteiger partial charge in [0.15, 0.2) is 0 Å². The fourth-order valence-electron chi connectivity index (χ4n) is 2.77. The van der Waals surface area contributed by atoms with Crippen molar-refractivity contribution in [2.45, 2.75) is 31.6 Å². The van der Waals surface area contributed by atoms with Crippen molar-refractivity contribution in [3.63, 3.8) is 0 Å². The molecule has 1 atom stereocenters. The molecule has 2 N–H and O–H groups in total. The smallest absolute Gasteiger partial charge is 0.225 e. The predicted octanol–water partition coefficient (Wildman–Crippen LogP) is 2.45. The molecule has 1 unspecified atom stereocenters. The second-order valence-electron chi connectivity index (χ2n) is 4.70. The minimum atomic E-state index is -0.206. The first-order valence-corrected chi connectivity index (χ1v) is 6.15. The Hall–Kier alpha value is -1.51. The molecule has 1 aromatic rings. The van der Waals surface area contributed by atoms with Gasteiger partial charge in [-0.1, -0.05) is 25.0 Å². The summed E-state index contributed by atoms with van der Waals surface area (Å²) >= 11 is 0. The van der Waals surface area contributed by atoms with Gasteiger partial charge in [-0.3, -0.25) is 4.79 Å². The van der Waals surface area contributed by atoms with E-state index < -0.39 is 0 Å². The SMILES string of the molecule is COc1ccc(C(C(N)=O)C2CCCC2)cc1. The van der Waals surface area contributed by atoms with E-state index in [4.69, 9.17) is 10.5 Å². The lowest BCUT2D eigenvalue weighted by Gasteiger charge is -2.20. The third-order valence-corrected chi connectivity index (χ3v) is 3.65. The van der Waals surface area contributed by atoms with Crippen LogP contribution < -0.4 is 10.5 Å². The molecule has 0 heterocycles. The monoisotopic (exact) mass is 233 g/mol. The highest BCUT2D eigenvalue weighted by Gasteiger charge is 2.30. The molecule has 3 heteroatoms. The van der Waals surface area contributed by atoms with Gasteiger partial charge in [-0.2, -0.15) is 0 Å². The summed E-state index contributed by atoms with van der Waals surface area (Å²) in [7, 11) is 1.64. The maximum absolute atomic E-state index is 11.6. The van der Waals surface area contributed by atoms with Crippen molar-refractivity contribution in [1.29, 1.82) is 0 Å². The Balaban J connectivity index is 2.22. The number of hydrogen-bond donors (Lipinski definition) is 1. The molecule has 1 fully saturated rings. The maximum atomic E-state index is 11.6. The van der Waals surface area contributed by atoms with Crippen LogP contribution in [0.5, 0.6) is 5.75 Å². The zero-order valence-corrected chi connectivity index (χ0v) is 10.2. The normalized spacial score (nSPS) is 17.9. The summed E-state index contributed by atoms with van der Waals surface area (Å²) < 4.78 is 5.12. The largest absolute Gasteiger partial charge is 0.497 e. The molecule has 1 saturated carbocycles. The second kappa shape index (κ2) is 5.21. The minimum Gasteiger partial charge on any atom is -0.497 e. The summed E-state index contributed by atoms with van der Waals surface area (Å²) in [6.07, 6.45) is 4.65. The number of carbonyl (C=O) groups is 1. The molecular formula is C14H19NO2. The van der Waals surface area contributed by atoms with E-state index in [0.717, 1.165) is 24.2 Å². The molecule has 92 valence electrons. The van der Waals surface area contributed by atoms with Crippen molar-refractivity contribution >= 4 is 5.91 Å². The fourth-order valence-corrected chi connectivity index (χ4v) is 2.77. The first-order valence-electron chi connectivity index (χ1n) is 6.15. The molecule has 0 bridgehead atoms. The number of carbonyl (C=O) groups excluding carboxylic acids is 1. The molecule has 17 heavy (non-hydrogen) atoms. The molecule has 0 spiro atoms. The topological polar surface area (TPSA) is 52.3 Å². The Labute approximate surface area is 102 Å². The highest BCUT2D eigenvalue weighted by molar-refractivity contribution is 5.82. The van der Waals surface area contributed by atoms with Crippen LogP contribution in [0.4, 0.5) is 0 Å². The Morgan fingerprint density at radius 3 is 2.35 bits per heavy atom. The first kappa shape index (κ1) is 12.0. The summed E-state index contributed by atoms with van der Waals surface area (Å²) in [4.78, 5) is 11.6. The van der Waals surface area contributed by atoms with Crippen molar-refractivity contribution in [3.05, 3.63) is 29.8 Å². The highest BCUT2D eigenvalue weighted by atomic mass is 16.5. The van der Waals surface area contributed by atoms with E-state index >= 15 is 0 Å². The van der Waals surface area contributed by atoms with Crippen LogP contribution in [0.3, 0.4) is 0 Å². The van der Waals surface area contributed by atoms with E-state index in [0.29, 0.717) is 5.92 Å². The zero-order chi connectivity index (χ0) is 12.3. The third kappa shape index (κ3) is 2.60. The summed E-state index contributed by atoms with van der Waals surface area (Å²) in [5.74, 6) is 0.884. The molecule has 2 rings (SSSR count). The Morgan fingerprint density at radius 1 is 1.29 bits per heavy atom. The van der Waals surface area contributed by atoms with Crippen LogP contribution in [0.1, 0.15) is 37.2 Å². The van der Waals surface area contributed by atoms with Gasteiger partial charge in [-0.15, -0.1) is 0 Å². The van der Waals surface area contributed by atoms with Crippen LogP contribution in [-0.4, -0.2) is 13.0 Å². The Morgan fingerprint density at radius 2 is 1.88 bits per heavy atom. The summed E-state index contributed by atoms with van der Waals surface area (Å²) in [6.45, 7) is 0. The third-order valence-electron chi connectivity index (χ3n) is 3.65. The number of primary amides is 1. The van der Waals surface area contributed by atoms with Gasteiger partial charge in [0.1, 0.15) is 5.75 Å². The molecule has 0 radical (unpaired) electrons. The number of ether oxygens (including phenoxy) is 1. The maximum Gasteiger partial charge on any atom is 0.225 e. The molecule has 3 nitrogen and oxygen atoms in total. The lowest BCUT2D eigenvalue weighted by Crippen LogP contribution is -2.26. The van der Waals surface area contributed by atoms with Gasteiger partial charge in [-0.05, 0) is 36.5 Å². The molecule has 0 aliphatic heterocycles. The van der Waals surface area contributed by atoms with Crippen molar-refractivity contribution in [2.75, 3.05) is 7.11 Å².